The Morgan fingerprint density at radius 1 is 1.15 bits per heavy atom. The van der Waals surface area contributed by atoms with Crippen molar-refractivity contribution in [2.45, 2.75) is 52.6 Å². The minimum Gasteiger partial charge on any atom is -0.379 e. The summed E-state index contributed by atoms with van der Waals surface area (Å²) in [6.07, 6.45) is 2.00. The normalized spacial score (nSPS) is 11.9. The lowest BCUT2D eigenvalue weighted by atomic mass is 10.0. The number of benzene rings is 1. The highest BCUT2D eigenvalue weighted by atomic mass is 15.4. The maximum Gasteiger partial charge on any atom is 0.102 e. The van der Waals surface area contributed by atoms with Crippen LogP contribution in [0.4, 0.5) is 5.69 Å². The van der Waals surface area contributed by atoms with Gasteiger partial charge in [-0.1, -0.05) is 31.2 Å². The summed E-state index contributed by atoms with van der Waals surface area (Å²) in [6.45, 7) is 11.4. The summed E-state index contributed by atoms with van der Waals surface area (Å²) in [4.78, 5) is 0. The van der Waals surface area contributed by atoms with Gasteiger partial charge in [-0.3, -0.25) is 0 Å². The Bertz CT molecular complexity index is 547. The third-order valence-corrected chi connectivity index (χ3v) is 3.28. The summed E-state index contributed by atoms with van der Waals surface area (Å²) < 4.78 is 1.89. The molecule has 2 aromatic rings. The Labute approximate surface area is 121 Å². The largest absolute Gasteiger partial charge is 0.379 e. The average molecular weight is 272 g/mol. The summed E-state index contributed by atoms with van der Waals surface area (Å²) in [5.74, 6) is 0.565. The molecular formula is C16H24N4. The number of nitrogens with one attached hydrogen (secondary N) is 1. The molecule has 0 bridgehead atoms. The summed E-state index contributed by atoms with van der Waals surface area (Å²) in [5, 5.41) is 11.7. The maximum absolute atomic E-state index is 4.19. The van der Waals surface area contributed by atoms with Crippen LogP contribution in [0.3, 0.4) is 0 Å². The minimum absolute atomic E-state index is 0.0236. The Kier molecular flexibility index (Phi) is 4.12. The van der Waals surface area contributed by atoms with Crippen LogP contribution in [0.15, 0.2) is 30.5 Å². The molecule has 0 saturated heterocycles. The van der Waals surface area contributed by atoms with Gasteiger partial charge in [-0.05, 0) is 44.4 Å². The van der Waals surface area contributed by atoms with E-state index in [1.165, 1.54) is 5.56 Å². The Balaban J connectivity index is 1.96. The molecule has 0 atom stereocenters. The molecule has 1 aromatic heterocycles. The van der Waals surface area contributed by atoms with Crippen molar-refractivity contribution in [3.05, 3.63) is 41.7 Å². The fraction of sp³-hybridized carbons (Fsp3) is 0.500. The third kappa shape index (κ3) is 3.59. The lowest BCUT2D eigenvalue weighted by Gasteiger charge is -2.17. The quantitative estimate of drug-likeness (QED) is 0.921. The number of aromatic nitrogens is 3. The molecule has 1 aromatic carbocycles. The number of hydrogen-bond donors (Lipinski definition) is 1. The third-order valence-electron chi connectivity index (χ3n) is 3.28. The molecule has 2 rings (SSSR count). The first-order valence-electron chi connectivity index (χ1n) is 7.12. The van der Waals surface area contributed by atoms with Gasteiger partial charge < -0.3 is 5.32 Å². The van der Waals surface area contributed by atoms with Crippen LogP contribution in [0.1, 0.15) is 51.8 Å². The van der Waals surface area contributed by atoms with Crippen molar-refractivity contribution in [3.8, 4) is 0 Å². The van der Waals surface area contributed by atoms with Gasteiger partial charge in [0.2, 0.25) is 0 Å². The standard InChI is InChI=1S/C16H24N4/c1-12(2)13-6-8-14(9-7-13)17-10-15-11-20(19-18-15)16(3,4)5/h6-9,11-12,17H,10H2,1-5H3. The molecule has 0 unspecified atom stereocenters. The SMILES string of the molecule is CC(C)c1ccc(NCc2cn(C(C)(C)C)nn2)cc1. The van der Waals surface area contributed by atoms with Gasteiger partial charge >= 0.3 is 0 Å². The molecule has 1 heterocycles. The molecule has 0 amide bonds. The van der Waals surface area contributed by atoms with Crippen molar-refractivity contribution >= 4 is 5.69 Å². The molecule has 0 spiro atoms. The number of hydrogen-bond acceptors (Lipinski definition) is 3. The fourth-order valence-corrected chi connectivity index (χ4v) is 1.89. The zero-order valence-electron chi connectivity index (χ0n) is 13.0. The van der Waals surface area contributed by atoms with Crippen molar-refractivity contribution in [2.24, 2.45) is 0 Å². The van der Waals surface area contributed by atoms with Crippen molar-refractivity contribution < 1.29 is 0 Å². The summed E-state index contributed by atoms with van der Waals surface area (Å²) >= 11 is 0. The highest BCUT2D eigenvalue weighted by Gasteiger charge is 2.14. The van der Waals surface area contributed by atoms with Crippen LogP contribution in [-0.2, 0) is 12.1 Å². The topological polar surface area (TPSA) is 42.7 Å². The smallest absolute Gasteiger partial charge is 0.102 e. The van der Waals surface area contributed by atoms with Gasteiger partial charge in [0.25, 0.3) is 0 Å². The second-order valence-electron chi connectivity index (χ2n) is 6.46. The van der Waals surface area contributed by atoms with Gasteiger partial charge in [0, 0.05) is 5.69 Å². The number of anilines is 1. The predicted octanol–water partition coefficient (Wildman–Crippen LogP) is 3.77. The molecule has 0 saturated carbocycles. The number of rotatable bonds is 4. The molecule has 0 fully saturated rings. The zero-order chi connectivity index (χ0) is 14.8. The highest BCUT2D eigenvalue weighted by Crippen LogP contribution is 2.18. The molecule has 20 heavy (non-hydrogen) atoms. The van der Waals surface area contributed by atoms with Crippen LogP contribution in [0.5, 0.6) is 0 Å². The van der Waals surface area contributed by atoms with Crippen molar-refractivity contribution in [3.63, 3.8) is 0 Å². The first-order chi connectivity index (χ1) is 9.36. The molecule has 108 valence electrons. The van der Waals surface area contributed by atoms with Crippen LogP contribution < -0.4 is 5.32 Å². The van der Waals surface area contributed by atoms with E-state index in [1.54, 1.807) is 0 Å². The first kappa shape index (κ1) is 14.6. The van der Waals surface area contributed by atoms with E-state index in [2.05, 4.69) is 74.5 Å². The van der Waals surface area contributed by atoms with Crippen LogP contribution in [0, 0.1) is 0 Å². The van der Waals surface area contributed by atoms with Crippen LogP contribution in [-0.4, -0.2) is 15.0 Å². The van der Waals surface area contributed by atoms with Gasteiger partial charge in [0.15, 0.2) is 0 Å². The van der Waals surface area contributed by atoms with Gasteiger partial charge in [-0.25, -0.2) is 4.68 Å². The van der Waals surface area contributed by atoms with E-state index < -0.39 is 0 Å². The van der Waals surface area contributed by atoms with Gasteiger partial charge in [-0.15, -0.1) is 5.10 Å². The molecule has 0 aliphatic carbocycles. The van der Waals surface area contributed by atoms with E-state index in [0.29, 0.717) is 12.5 Å². The summed E-state index contributed by atoms with van der Waals surface area (Å²) in [5.41, 5.74) is 3.39. The van der Waals surface area contributed by atoms with Crippen molar-refractivity contribution in [2.75, 3.05) is 5.32 Å². The van der Waals surface area contributed by atoms with E-state index in [1.807, 2.05) is 10.9 Å². The van der Waals surface area contributed by atoms with E-state index in [0.717, 1.165) is 11.4 Å². The van der Waals surface area contributed by atoms with Gasteiger partial charge in [-0.2, -0.15) is 0 Å². The molecular weight excluding hydrogens is 248 g/mol. The zero-order valence-corrected chi connectivity index (χ0v) is 13.0. The Morgan fingerprint density at radius 3 is 2.30 bits per heavy atom. The molecule has 0 aliphatic heterocycles. The highest BCUT2D eigenvalue weighted by molar-refractivity contribution is 5.45. The molecule has 0 aliphatic rings. The minimum atomic E-state index is -0.0236. The van der Waals surface area contributed by atoms with Crippen LogP contribution in [0.2, 0.25) is 0 Å². The van der Waals surface area contributed by atoms with Crippen molar-refractivity contribution in [1.29, 1.82) is 0 Å². The molecule has 4 nitrogen and oxygen atoms in total. The fourth-order valence-electron chi connectivity index (χ4n) is 1.89. The van der Waals surface area contributed by atoms with E-state index >= 15 is 0 Å². The average Bonchev–Trinajstić information content (AvgIpc) is 2.85. The summed E-state index contributed by atoms with van der Waals surface area (Å²) in [6, 6.07) is 8.56. The monoisotopic (exact) mass is 272 g/mol. The second kappa shape index (κ2) is 5.65. The Hall–Kier alpha value is -1.84. The number of nitrogens with zero attached hydrogens (tertiary/aromatic N) is 3. The van der Waals surface area contributed by atoms with E-state index in [9.17, 15) is 0 Å². The van der Waals surface area contributed by atoms with E-state index in [4.69, 9.17) is 0 Å². The first-order valence-corrected chi connectivity index (χ1v) is 7.12. The Morgan fingerprint density at radius 2 is 1.80 bits per heavy atom. The summed E-state index contributed by atoms with van der Waals surface area (Å²) in [7, 11) is 0. The van der Waals surface area contributed by atoms with Gasteiger partial charge in [0.1, 0.15) is 5.69 Å². The lowest BCUT2D eigenvalue weighted by molar-refractivity contribution is 0.347. The van der Waals surface area contributed by atoms with Crippen molar-refractivity contribution in [1.82, 2.24) is 15.0 Å². The van der Waals surface area contributed by atoms with Gasteiger partial charge in [0.05, 0.1) is 18.3 Å². The molecule has 4 heteroatoms. The predicted molar refractivity (Wildman–Crippen MR) is 82.9 cm³/mol. The van der Waals surface area contributed by atoms with Crippen LogP contribution in [0.25, 0.3) is 0 Å². The molecule has 0 radical (unpaired) electrons. The van der Waals surface area contributed by atoms with E-state index in [-0.39, 0.29) is 5.54 Å². The second-order valence-corrected chi connectivity index (χ2v) is 6.46. The lowest BCUT2D eigenvalue weighted by Crippen LogP contribution is -2.22. The maximum atomic E-state index is 4.19. The molecule has 1 N–H and O–H groups in total. The van der Waals surface area contributed by atoms with Crippen LogP contribution >= 0.6 is 0 Å².